The van der Waals surface area contributed by atoms with Crippen molar-refractivity contribution in [2.45, 2.75) is 20.3 Å². The first-order chi connectivity index (χ1) is 9.65. The van der Waals surface area contributed by atoms with Crippen LogP contribution in [0.3, 0.4) is 0 Å². The van der Waals surface area contributed by atoms with Gasteiger partial charge in [0.2, 0.25) is 5.91 Å². The summed E-state index contributed by atoms with van der Waals surface area (Å²) in [5.41, 5.74) is 3.64. The average Bonchev–Trinajstić information content (AvgIpc) is 2.46. The first kappa shape index (κ1) is 13.4. The number of nitrogens with zero attached hydrogens (tertiary/aromatic N) is 2. The van der Waals surface area contributed by atoms with E-state index in [1.807, 2.05) is 4.90 Å². The zero-order chi connectivity index (χ0) is 14.1. The van der Waals surface area contributed by atoms with Crippen molar-refractivity contribution in [1.82, 2.24) is 0 Å². The maximum Gasteiger partial charge on any atom is 0.223 e. The van der Waals surface area contributed by atoms with Crippen LogP contribution in [0.1, 0.15) is 19.4 Å². The Kier molecular flexibility index (Phi) is 3.66. The number of benzene rings is 1. The van der Waals surface area contributed by atoms with E-state index in [1.165, 1.54) is 11.3 Å². The molecule has 0 bridgehead atoms. The van der Waals surface area contributed by atoms with Crippen molar-refractivity contribution < 1.29 is 9.53 Å². The smallest absolute Gasteiger partial charge is 0.223 e. The molecule has 1 fully saturated rings. The molecule has 1 saturated heterocycles. The highest BCUT2D eigenvalue weighted by molar-refractivity contribution is 5.93. The van der Waals surface area contributed by atoms with Gasteiger partial charge in [-0.2, -0.15) is 0 Å². The molecule has 4 nitrogen and oxygen atoms in total. The number of hydrogen-bond donors (Lipinski definition) is 0. The quantitative estimate of drug-likeness (QED) is 0.786. The first-order valence-corrected chi connectivity index (χ1v) is 7.39. The van der Waals surface area contributed by atoms with Gasteiger partial charge in [0.25, 0.3) is 0 Å². The Labute approximate surface area is 120 Å². The maximum absolute atomic E-state index is 11.8. The molecule has 3 rings (SSSR count). The molecule has 1 aromatic carbocycles. The predicted molar refractivity (Wildman–Crippen MR) is 80.4 cm³/mol. The average molecular weight is 274 g/mol. The molecule has 0 spiro atoms. The second-order valence-electron chi connectivity index (χ2n) is 5.85. The molecule has 0 unspecified atom stereocenters. The lowest BCUT2D eigenvalue weighted by Gasteiger charge is -2.35. The lowest BCUT2D eigenvalue weighted by Crippen LogP contribution is -2.38. The number of morpholine rings is 1. The molecule has 20 heavy (non-hydrogen) atoms. The largest absolute Gasteiger partial charge is 0.378 e. The Morgan fingerprint density at radius 2 is 2.05 bits per heavy atom. The van der Waals surface area contributed by atoms with Gasteiger partial charge >= 0.3 is 0 Å². The van der Waals surface area contributed by atoms with Crippen LogP contribution < -0.4 is 9.80 Å². The SMILES string of the molecule is CC(=O)N1C[C@H](C)Cc2cc(N3CCOCC3)ccc21. The van der Waals surface area contributed by atoms with Gasteiger partial charge in [0.05, 0.1) is 13.2 Å². The van der Waals surface area contributed by atoms with E-state index < -0.39 is 0 Å². The van der Waals surface area contributed by atoms with Crippen molar-refractivity contribution in [3.8, 4) is 0 Å². The summed E-state index contributed by atoms with van der Waals surface area (Å²) in [6.07, 6.45) is 1.05. The predicted octanol–water partition coefficient (Wildman–Crippen LogP) is 2.07. The molecular weight excluding hydrogens is 252 g/mol. The number of amides is 1. The molecule has 108 valence electrons. The summed E-state index contributed by atoms with van der Waals surface area (Å²) in [4.78, 5) is 16.1. The van der Waals surface area contributed by atoms with Crippen molar-refractivity contribution in [2.24, 2.45) is 5.92 Å². The summed E-state index contributed by atoms with van der Waals surface area (Å²) in [6.45, 7) is 8.19. The molecule has 4 heteroatoms. The van der Waals surface area contributed by atoms with Crippen LogP contribution in [0.2, 0.25) is 0 Å². The minimum absolute atomic E-state index is 0.136. The van der Waals surface area contributed by atoms with Crippen LogP contribution in [0.15, 0.2) is 18.2 Å². The fourth-order valence-corrected chi connectivity index (χ4v) is 3.17. The van der Waals surface area contributed by atoms with Gasteiger partial charge in [-0.15, -0.1) is 0 Å². The molecule has 2 heterocycles. The summed E-state index contributed by atoms with van der Waals surface area (Å²) in [7, 11) is 0. The van der Waals surface area contributed by atoms with Crippen LogP contribution >= 0.6 is 0 Å². The first-order valence-electron chi connectivity index (χ1n) is 7.39. The third kappa shape index (κ3) is 2.52. The van der Waals surface area contributed by atoms with Gasteiger partial charge in [-0.3, -0.25) is 4.79 Å². The normalized spacial score (nSPS) is 22.6. The molecule has 0 aliphatic carbocycles. The number of fused-ring (bicyclic) bond motifs is 1. The lowest BCUT2D eigenvalue weighted by molar-refractivity contribution is -0.116. The molecule has 0 saturated carbocycles. The second kappa shape index (κ2) is 5.44. The summed E-state index contributed by atoms with van der Waals surface area (Å²) in [5, 5.41) is 0. The molecular formula is C16H22N2O2. The van der Waals surface area contributed by atoms with Crippen LogP contribution in [0.5, 0.6) is 0 Å². The fourth-order valence-electron chi connectivity index (χ4n) is 3.17. The minimum atomic E-state index is 0.136. The molecule has 0 aromatic heterocycles. The highest BCUT2D eigenvalue weighted by Gasteiger charge is 2.25. The number of hydrogen-bond acceptors (Lipinski definition) is 3. The third-order valence-corrected chi connectivity index (χ3v) is 4.17. The maximum atomic E-state index is 11.8. The van der Waals surface area contributed by atoms with E-state index in [0.29, 0.717) is 5.92 Å². The van der Waals surface area contributed by atoms with E-state index in [1.54, 1.807) is 6.92 Å². The molecule has 2 aliphatic rings. The zero-order valence-corrected chi connectivity index (χ0v) is 12.3. The zero-order valence-electron chi connectivity index (χ0n) is 12.3. The second-order valence-corrected chi connectivity index (χ2v) is 5.85. The van der Waals surface area contributed by atoms with Gasteiger partial charge in [-0.25, -0.2) is 0 Å². The number of carbonyl (C=O) groups is 1. The standard InChI is InChI=1S/C16H22N2O2/c1-12-9-14-10-15(17-5-7-20-8-6-17)3-4-16(14)18(11-12)13(2)19/h3-4,10,12H,5-9,11H2,1-2H3/t12-/m1/s1. The summed E-state index contributed by atoms with van der Waals surface area (Å²) >= 11 is 0. The summed E-state index contributed by atoms with van der Waals surface area (Å²) < 4.78 is 5.40. The van der Waals surface area contributed by atoms with Crippen molar-refractivity contribution in [2.75, 3.05) is 42.6 Å². The number of rotatable bonds is 1. The van der Waals surface area contributed by atoms with Gasteiger partial charge in [-0.1, -0.05) is 6.92 Å². The van der Waals surface area contributed by atoms with Crippen molar-refractivity contribution in [3.05, 3.63) is 23.8 Å². The van der Waals surface area contributed by atoms with E-state index in [9.17, 15) is 4.79 Å². The van der Waals surface area contributed by atoms with E-state index in [0.717, 1.165) is 45.0 Å². The van der Waals surface area contributed by atoms with E-state index >= 15 is 0 Å². The monoisotopic (exact) mass is 274 g/mol. The Morgan fingerprint density at radius 1 is 1.30 bits per heavy atom. The van der Waals surface area contributed by atoms with Gasteiger partial charge in [-0.05, 0) is 36.1 Å². The molecule has 0 radical (unpaired) electrons. The Hall–Kier alpha value is -1.55. The van der Waals surface area contributed by atoms with Crippen LogP contribution in [-0.4, -0.2) is 38.8 Å². The Balaban J connectivity index is 1.91. The third-order valence-electron chi connectivity index (χ3n) is 4.17. The van der Waals surface area contributed by atoms with Crippen LogP contribution in [0.25, 0.3) is 0 Å². The van der Waals surface area contributed by atoms with E-state index in [2.05, 4.69) is 30.0 Å². The van der Waals surface area contributed by atoms with E-state index in [4.69, 9.17) is 4.74 Å². The lowest BCUT2D eigenvalue weighted by atomic mass is 9.93. The van der Waals surface area contributed by atoms with Crippen molar-refractivity contribution in [3.63, 3.8) is 0 Å². The molecule has 1 aromatic rings. The van der Waals surface area contributed by atoms with Gasteiger partial charge < -0.3 is 14.5 Å². The van der Waals surface area contributed by atoms with Gasteiger partial charge in [0.1, 0.15) is 0 Å². The highest BCUT2D eigenvalue weighted by Crippen LogP contribution is 2.33. The van der Waals surface area contributed by atoms with Crippen LogP contribution in [0.4, 0.5) is 11.4 Å². The van der Waals surface area contributed by atoms with Crippen molar-refractivity contribution in [1.29, 1.82) is 0 Å². The Bertz CT molecular complexity index is 509. The Morgan fingerprint density at radius 3 is 2.75 bits per heavy atom. The number of ether oxygens (including phenoxy) is 1. The minimum Gasteiger partial charge on any atom is -0.378 e. The highest BCUT2D eigenvalue weighted by atomic mass is 16.5. The van der Waals surface area contributed by atoms with Gasteiger partial charge in [0.15, 0.2) is 0 Å². The van der Waals surface area contributed by atoms with Crippen LogP contribution in [-0.2, 0) is 16.0 Å². The molecule has 2 aliphatic heterocycles. The fraction of sp³-hybridized carbons (Fsp3) is 0.562. The topological polar surface area (TPSA) is 32.8 Å². The molecule has 0 N–H and O–H groups in total. The van der Waals surface area contributed by atoms with E-state index in [-0.39, 0.29) is 5.91 Å². The molecule has 1 amide bonds. The molecule has 1 atom stereocenters. The number of carbonyl (C=O) groups excluding carboxylic acids is 1. The number of anilines is 2. The summed E-state index contributed by atoms with van der Waals surface area (Å²) in [6, 6.07) is 6.50. The summed E-state index contributed by atoms with van der Waals surface area (Å²) in [5.74, 6) is 0.656. The van der Waals surface area contributed by atoms with Gasteiger partial charge in [0, 0.05) is 37.9 Å². The van der Waals surface area contributed by atoms with Crippen molar-refractivity contribution >= 4 is 17.3 Å². The van der Waals surface area contributed by atoms with Crippen LogP contribution in [0, 0.1) is 5.92 Å².